The number of hydrogen-bond acceptors (Lipinski definition) is 6. The highest BCUT2D eigenvalue weighted by molar-refractivity contribution is 8.19. The highest BCUT2D eigenvalue weighted by Gasteiger charge is 2.26. The van der Waals surface area contributed by atoms with Crippen molar-refractivity contribution in [3.05, 3.63) is 80.7 Å². The maximum absolute atomic E-state index is 12.2. The Morgan fingerprint density at radius 2 is 1.89 bits per heavy atom. The van der Waals surface area contributed by atoms with Gasteiger partial charge in [0.1, 0.15) is 0 Å². The first-order valence-electron chi connectivity index (χ1n) is 7.64. The van der Waals surface area contributed by atoms with E-state index in [0.717, 1.165) is 11.8 Å². The van der Waals surface area contributed by atoms with Crippen molar-refractivity contribution in [3.8, 4) is 0 Å². The van der Waals surface area contributed by atoms with Crippen LogP contribution in [0.4, 0.5) is 5.69 Å². The number of amides is 1. The van der Waals surface area contributed by atoms with Crippen LogP contribution in [-0.4, -0.2) is 24.4 Å². The van der Waals surface area contributed by atoms with Gasteiger partial charge in [-0.05, 0) is 29.0 Å². The Morgan fingerprint density at radius 1 is 1.15 bits per heavy atom. The molecule has 2 aromatic carbocycles. The lowest BCUT2D eigenvalue weighted by Gasteiger charge is -2.00. The van der Waals surface area contributed by atoms with Crippen LogP contribution < -0.4 is 5.32 Å². The van der Waals surface area contributed by atoms with Gasteiger partial charge in [0, 0.05) is 12.1 Å². The summed E-state index contributed by atoms with van der Waals surface area (Å²) in [7, 11) is -3.82. The second-order valence-corrected chi connectivity index (χ2v) is 8.19. The molecule has 1 amide bonds. The minimum absolute atomic E-state index is 0.0485. The van der Waals surface area contributed by atoms with E-state index in [2.05, 4.69) is 9.71 Å². The van der Waals surface area contributed by atoms with Crippen molar-refractivity contribution in [2.75, 3.05) is 0 Å². The molecule has 0 saturated carbocycles. The quantitative estimate of drug-likeness (QED) is 0.466. The van der Waals surface area contributed by atoms with E-state index in [-0.39, 0.29) is 21.5 Å². The third-order valence-corrected chi connectivity index (χ3v) is 5.63. The maximum atomic E-state index is 12.2. The van der Waals surface area contributed by atoms with Crippen molar-refractivity contribution in [2.45, 2.75) is 5.75 Å². The molecule has 0 radical (unpaired) electrons. The number of nitro benzene ring substituents is 1. The Hall–Kier alpha value is -2.98. The van der Waals surface area contributed by atoms with E-state index < -0.39 is 20.9 Å². The number of sulfonamides is 1. The lowest BCUT2D eigenvalue weighted by atomic mass is 10.2. The van der Waals surface area contributed by atoms with E-state index in [1.54, 1.807) is 36.4 Å². The predicted molar refractivity (Wildman–Crippen MR) is 103 cm³/mol. The number of nitro groups is 1. The van der Waals surface area contributed by atoms with Crippen LogP contribution in [-0.2, 0) is 20.6 Å². The van der Waals surface area contributed by atoms with E-state index in [4.69, 9.17) is 0 Å². The van der Waals surface area contributed by atoms with Crippen LogP contribution in [0.5, 0.6) is 0 Å². The molecule has 1 N–H and O–H groups in total. The van der Waals surface area contributed by atoms with E-state index in [1.807, 2.05) is 0 Å². The zero-order valence-corrected chi connectivity index (χ0v) is 15.4. The Balaban J connectivity index is 1.79. The Bertz CT molecular complexity index is 1060. The summed E-state index contributed by atoms with van der Waals surface area (Å²) >= 11 is 0.867. The monoisotopic (exact) mass is 403 g/mol. The van der Waals surface area contributed by atoms with Crippen LogP contribution in [0.25, 0.3) is 6.08 Å². The van der Waals surface area contributed by atoms with Crippen LogP contribution in [0.1, 0.15) is 11.1 Å². The summed E-state index contributed by atoms with van der Waals surface area (Å²) in [5.41, 5.74) is 0.936. The molecule has 0 spiro atoms. The first kappa shape index (κ1) is 18.8. The third-order valence-electron chi connectivity index (χ3n) is 3.44. The molecule has 1 saturated heterocycles. The van der Waals surface area contributed by atoms with Gasteiger partial charge in [0.25, 0.3) is 21.6 Å². The highest BCUT2D eigenvalue weighted by atomic mass is 32.2. The average molecular weight is 403 g/mol. The molecule has 1 aliphatic rings. The fourth-order valence-corrected chi connectivity index (χ4v) is 4.45. The smallest absolute Gasteiger partial charge is 0.270 e. The summed E-state index contributed by atoms with van der Waals surface area (Å²) in [6.45, 7) is 0. The van der Waals surface area contributed by atoms with Gasteiger partial charge in [-0.2, -0.15) is 0 Å². The topological polar surface area (TPSA) is 119 Å². The van der Waals surface area contributed by atoms with Crippen molar-refractivity contribution >= 4 is 44.6 Å². The lowest BCUT2D eigenvalue weighted by Crippen LogP contribution is -2.21. The molecule has 1 heterocycles. The summed E-state index contributed by atoms with van der Waals surface area (Å²) < 4.78 is 28.1. The molecule has 138 valence electrons. The van der Waals surface area contributed by atoms with Crippen LogP contribution >= 0.6 is 11.8 Å². The highest BCUT2D eigenvalue weighted by Crippen LogP contribution is 2.27. The molecule has 0 atom stereocenters. The van der Waals surface area contributed by atoms with Crippen LogP contribution in [0.2, 0.25) is 0 Å². The van der Waals surface area contributed by atoms with Gasteiger partial charge < -0.3 is 0 Å². The molecule has 0 bridgehead atoms. The minimum Gasteiger partial charge on any atom is -0.300 e. The second kappa shape index (κ2) is 7.72. The molecule has 3 rings (SSSR count). The fourth-order valence-electron chi connectivity index (χ4n) is 2.29. The van der Waals surface area contributed by atoms with Crippen LogP contribution in [0.3, 0.4) is 0 Å². The normalized spacial score (nSPS) is 17.3. The molecule has 0 aliphatic carbocycles. The molecule has 1 fully saturated rings. The van der Waals surface area contributed by atoms with Crippen LogP contribution in [0, 0.1) is 10.1 Å². The molecule has 8 nitrogen and oxygen atoms in total. The lowest BCUT2D eigenvalue weighted by molar-refractivity contribution is -0.384. The average Bonchev–Trinajstić information content (AvgIpc) is 2.93. The number of non-ortho nitro benzene ring substituents is 1. The number of amidine groups is 1. The van der Waals surface area contributed by atoms with Crippen molar-refractivity contribution < 1.29 is 18.1 Å². The number of carbonyl (C=O) groups is 1. The number of nitrogens with zero attached hydrogens (tertiary/aromatic N) is 2. The molecule has 1 aliphatic heterocycles. The summed E-state index contributed by atoms with van der Waals surface area (Å²) in [5.74, 6) is -0.794. The standard InChI is InChI=1S/C17H13N3O5S2/c21-16-15(10-13-7-4-8-14(9-13)20(22)23)26-17(18-16)19-27(24,25)11-12-5-2-1-3-6-12/h1-10H,11H2,(H,18,19,21)/b15-10+. The Morgan fingerprint density at radius 3 is 2.59 bits per heavy atom. The Kier molecular flexibility index (Phi) is 5.38. The third kappa shape index (κ3) is 5.02. The number of rotatable bonds is 5. The SMILES string of the molecule is O=C1NC(=NS(=O)(=O)Cc2ccccc2)S/C1=C/c1cccc([N+](=O)[O-])c1. The zero-order valence-electron chi connectivity index (χ0n) is 13.7. The predicted octanol–water partition coefficient (Wildman–Crippen LogP) is 2.68. The van der Waals surface area contributed by atoms with Gasteiger partial charge in [0.2, 0.25) is 0 Å². The van der Waals surface area contributed by atoms with Gasteiger partial charge in [-0.3, -0.25) is 20.2 Å². The first-order valence-corrected chi connectivity index (χ1v) is 10.1. The molecule has 27 heavy (non-hydrogen) atoms. The molecule has 0 aromatic heterocycles. The van der Waals surface area contributed by atoms with Gasteiger partial charge in [0.05, 0.1) is 15.6 Å². The minimum atomic E-state index is -3.82. The molecular formula is C17H13N3O5S2. The number of thioether (sulfide) groups is 1. The van der Waals surface area contributed by atoms with Gasteiger partial charge in [0.15, 0.2) is 5.17 Å². The van der Waals surface area contributed by atoms with Gasteiger partial charge in [-0.1, -0.05) is 42.5 Å². The Labute approximate surface area is 159 Å². The summed E-state index contributed by atoms with van der Waals surface area (Å²) in [5, 5.41) is 13.2. The van der Waals surface area contributed by atoms with Crippen molar-refractivity contribution in [3.63, 3.8) is 0 Å². The first-order chi connectivity index (χ1) is 12.8. The summed E-state index contributed by atoms with van der Waals surface area (Å²) in [6, 6.07) is 14.3. The van der Waals surface area contributed by atoms with Crippen molar-refractivity contribution in [2.24, 2.45) is 4.40 Å². The molecular weight excluding hydrogens is 390 g/mol. The van der Waals surface area contributed by atoms with Gasteiger partial charge >= 0.3 is 0 Å². The van der Waals surface area contributed by atoms with E-state index in [9.17, 15) is 23.3 Å². The maximum Gasteiger partial charge on any atom is 0.270 e. The van der Waals surface area contributed by atoms with E-state index in [0.29, 0.717) is 11.1 Å². The number of nitrogens with one attached hydrogen (secondary N) is 1. The van der Waals surface area contributed by atoms with Gasteiger partial charge in [-0.15, -0.1) is 4.40 Å². The number of carbonyl (C=O) groups excluding carboxylic acids is 1. The van der Waals surface area contributed by atoms with Gasteiger partial charge in [-0.25, -0.2) is 8.42 Å². The van der Waals surface area contributed by atoms with Crippen molar-refractivity contribution in [1.29, 1.82) is 0 Å². The molecule has 2 aromatic rings. The molecule has 0 unspecified atom stereocenters. The van der Waals surface area contributed by atoms with E-state index >= 15 is 0 Å². The second-order valence-electron chi connectivity index (χ2n) is 5.53. The molecule has 10 heteroatoms. The van der Waals surface area contributed by atoms with Crippen LogP contribution in [0.15, 0.2) is 63.9 Å². The van der Waals surface area contributed by atoms with E-state index in [1.165, 1.54) is 24.3 Å². The number of hydrogen-bond donors (Lipinski definition) is 1. The summed E-state index contributed by atoms with van der Waals surface area (Å²) in [6.07, 6.45) is 1.44. The number of benzene rings is 2. The largest absolute Gasteiger partial charge is 0.300 e. The fraction of sp³-hybridized carbons (Fsp3) is 0.0588. The zero-order chi connectivity index (χ0) is 19.4. The van der Waals surface area contributed by atoms with Crippen molar-refractivity contribution in [1.82, 2.24) is 5.32 Å². The summed E-state index contributed by atoms with van der Waals surface area (Å²) in [4.78, 5) is 22.5.